The van der Waals surface area contributed by atoms with Crippen molar-refractivity contribution in [3.63, 3.8) is 0 Å². The van der Waals surface area contributed by atoms with Crippen molar-refractivity contribution in [2.45, 2.75) is 19.0 Å². The number of carbonyl (C=O) groups is 1. The Morgan fingerprint density at radius 2 is 1.85 bits per heavy atom. The Bertz CT molecular complexity index is 1630. The smallest absolute Gasteiger partial charge is 0.319 e. The lowest BCUT2D eigenvalue weighted by Crippen LogP contribution is -2.30. The summed E-state index contributed by atoms with van der Waals surface area (Å²) in [6.07, 6.45) is 1.59. The minimum atomic E-state index is -0.630. The molecule has 0 aliphatic carbocycles. The highest BCUT2D eigenvalue weighted by Crippen LogP contribution is 2.47. The molecular formula is C29H25ClFN5O4. The van der Waals surface area contributed by atoms with Gasteiger partial charge in [-0.05, 0) is 48.9 Å². The van der Waals surface area contributed by atoms with Gasteiger partial charge in [-0.15, -0.1) is 0 Å². The van der Waals surface area contributed by atoms with Gasteiger partial charge >= 0.3 is 6.01 Å². The summed E-state index contributed by atoms with van der Waals surface area (Å²) < 4.78 is 32.3. The predicted molar refractivity (Wildman–Crippen MR) is 146 cm³/mol. The number of fused-ring (bicyclic) bond motifs is 1. The number of halogens is 2. The van der Waals surface area contributed by atoms with E-state index in [1.165, 1.54) is 32.4 Å². The second kappa shape index (κ2) is 11.0. The van der Waals surface area contributed by atoms with E-state index in [0.717, 1.165) is 5.56 Å². The van der Waals surface area contributed by atoms with Crippen LogP contribution in [0, 0.1) is 17.1 Å². The molecule has 0 saturated carbocycles. The Kier molecular flexibility index (Phi) is 7.43. The zero-order valence-corrected chi connectivity index (χ0v) is 22.9. The van der Waals surface area contributed by atoms with E-state index >= 15 is 0 Å². The number of anilines is 1. The van der Waals surface area contributed by atoms with E-state index in [2.05, 4.69) is 16.0 Å². The maximum Gasteiger partial charge on any atom is 0.319 e. The molecule has 0 spiro atoms. The molecule has 0 bridgehead atoms. The molecular weight excluding hydrogens is 537 g/mol. The van der Waals surface area contributed by atoms with Crippen LogP contribution in [0.3, 0.4) is 0 Å². The van der Waals surface area contributed by atoms with Crippen LogP contribution in [-0.2, 0) is 4.74 Å². The highest BCUT2D eigenvalue weighted by molar-refractivity contribution is 6.31. The third-order valence-corrected chi connectivity index (χ3v) is 7.10. The molecule has 9 nitrogen and oxygen atoms in total. The van der Waals surface area contributed by atoms with Crippen LogP contribution in [0.4, 0.5) is 10.1 Å². The summed E-state index contributed by atoms with van der Waals surface area (Å²) in [5, 5.41) is 9.26. The van der Waals surface area contributed by atoms with Crippen molar-refractivity contribution in [3.8, 4) is 29.2 Å². The van der Waals surface area contributed by atoms with E-state index in [-0.39, 0.29) is 28.9 Å². The Labute approximate surface area is 235 Å². The van der Waals surface area contributed by atoms with Gasteiger partial charge in [-0.2, -0.15) is 10.2 Å². The Morgan fingerprint density at radius 1 is 1.10 bits per heavy atom. The van der Waals surface area contributed by atoms with Crippen LogP contribution in [0.5, 0.6) is 11.9 Å². The second-order valence-electron chi connectivity index (χ2n) is 9.19. The largest absolute Gasteiger partial charge is 0.480 e. The van der Waals surface area contributed by atoms with Gasteiger partial charge in [0.25, 0.3) is 5.91 Å². The maximum absolute atomic E-state index is 14.1. The molecule has 1 unspecified atom stereocenters. The molecule has 204 valence electrons. The molecule has 40 heavy (non-hydrogen) atoms. The van der Waals surface area contributed by atoms with Gasteiger partial charge < -0.3 is 18.8 Å². The monoisotopic (exact) mass is 561 g/mol. The molecule has 3 heterocycles. The first-order valence-electron chi connectivity index (χ1n) is 12.3. The molecule has 5 rings (SSSR count). The van der Waals surface area contributed by atoms with Crippen molar-refractivity contribution in [1.82, 2.24) is 14.5 Å². The van der Waals surface area contributed by atoms with Crippen LogP contribution in [0.25, 0.3) is 11.3 Å². The SMILES string of the molecule is COC[C@@H](C)n1c(-c2cnc(OC)nc2OC)cc2c1C(c1ccc(C#N)cc1)N(c1ccc(F)c(Cl)c1)C2=O. The summed E-state index contributed by atoms with van der Waals surface area (Å²) in [6.45, 7) is 2.31. The van der Waals surface area contributed by atoms with Crippen LogP contribution in [0.2, 0.25) is 5.02 Å². The summed E-state index contributed by atoms with van der Waals surface area (Å²) >= 11 is 6.14. The van der Waals surface area contributed by atoms with Gasteiger partial charge in [0.1, 0.15) is 11.9 Å². The average molecular weight is 562 g/mol. The van der Waals surface area contributed by atoms with Crippen molar-refractivity contribution < 1.29 is 23.4 Å². The molecule has 2 atom stereocenters. The fourth-order valence-electron chi connectivity index (χ4n) is 5.09. The summed E-state index contributed by atoms with van der Waals surface area (Å²) in [4.78, 5) is 24.3. The number of nitriles is 1. The van der Waals surface area contributed by atoms with E-state index in [0.29, 0.717) is 40.4 Å². The normalized spacial score (nSPS) is 15.1. The average Bonchev–Trinajstić information content (AvgIpc) is 3.49. The number of rotatable bonds is 8. The van der Waals surface area contributed by atoms with Crippen molar-refractivity contribution in [2.75, 3.05) is 32.8 Å². The Balaban J connectivity index is 1.79. The predicted octanol–water partition coefficient (Wildman–Crippen LogP) is 5.58. The van der Waals surface area contributed by atoms with Gasteiger partial charge in [-0.1, -0.05) is 23.7 Å². The molecule has 4 aromatic rings. The molecule has 1 amide bonds. The quantitative estimate of drug-likeness (QED) is 0.276. The first-order valence-corrected chi connectivity index (χ1v) is 12.7. The van der Waals surface area contributed by atoms with Gasteiger partial charge in [-0.3, -0.25) is 9.69 Å². The molecule has 2 aromatic heterocycles. The van der Waals surface area contributed by atoms with Gasteiger partial charge in [0.15, 0.2) is 0 Å². The number of hydrogen-bond donors (Lipinski definition) is 0. The first kappa shape index (κ1) is 27.1. The van der Waals surface area contributed by atoms with Crippen molar-refractivity contribution in [1.29, 1.82) is 5.26 Å². The zero-order chi connectivity index (χ0) is 28.6. The number of ether oxygens (including phenoxy) is 3. The Morgan fingerprint density at radius 3 is 2.48 bits per heavy atom. The van der Waals surface area contributed by atoms with Crippen molar-refractivity contribution >= 4 is 23.2 Å². The fourth-order valence-corrected chi connectivity index (χ4v) is 5.26. The van der Waals surface area contributed by atoms with Crippen LogP contribution in [-0.4, -0.2) is 48.4 Å². The third-order valence-electron chi connectivity index (χ3n) is 6.81. The summed E-state index contributed by atoms with van der Waals surface area (Å²) in [5.74, 6) is -0.611. The van der Waals surface area contributed by atoms with E-state index < -0.39 is 11.9 Å². The third kappa shape index (κ3) is 4.53. The van der Waals surface area contributed by atoms with Crippen LogP contribution in [0.1, 0.15) is 46.2 Å². The number of carbonyl (C=O) groups excluding carboxylic acids is 1. The summed E-state index contributed by atoms with van der Waals surface area (Å²) in [5.41, 5.74) is 3.99. The lowest BCUT2D eigenvalue weighted by molar-refractivity contribution is 0.0993. The number of amides is 1. The van der Waals surface area contributed by atoms with Gasteiger partial charge in [-0.25, -0.2) is 9.37 Å². The standard InChI is InChI=1S/C29H25ClFN5O4/c1-16(15-38-2)35-24(21-14-33-29(40-4)34-27(21)39-3)12-20-26(35)25(18-7-5-17(13-32)6-8-18)36(28(20)37)19-9-10-23(31)22(30)11-19/h5-12,14,16,25H,15H2,1-4H3/t16-,25?/m1/s1. The lowest BCUT2D eigenvalue weighted by atomic mass is 10.0. The lowest BCUT2D eigenvalue weighted by Gasteiger charge is -2.30. The van der Waals surface area contributed by atoms with Crippen molar-refractivity contribution in [3.05, 3.63) is 88.0 Å². The molecule has 1 aliphatic heterocycles. The van der Waals surface area contributed by atoms with Crippen LogP contribution >= 0.6 is 11.6 Å². The van der Waals surface area contributed by atoms with Crippen molar-refractivity contribution in [2.24, 2.45) is 0 Å². The molecule has 0 radical (unpaired) electrons. The second-order valence-corrected chi connectivity index (χ2v) is 9.60. The molecule has 2 aromatic carbocycles. The van der Waals surface area contributed by atoms with Gasteiger partial charge in [0, 0.05) is 19.0 Å². The van der Waals surface area contributed by atoms with Crippen LogP contribution in [0.15, 0.2) is 54.7 Å². The minimum absolute atomic E-state index is 0.100. The molecule has 1 aliphatic rings. The molecule has 11 heteroatoms. The summed E-state index contributed by atoms with van der Waals surface area (Å²) in [7, 11) is 4.56. The highest BCUT2D eigenvalue weighted by atomic mass is 35.5. The minimum Gasteiger partial charge on any atom is -0.480 e. The first-order chi connectivity index (χ1) is 19.3. The topological polar surface area (TPSA) is 102 Å². The highest BCUT2D eigenvalue weighted by Gasteiger charge is 2.44. The summed E-state index contributed by atoms with van der Waals surface area (Å²) in [6, 6.07) is 14.4. The zero-order valence-electron chi connectivity index (χ0n) is 22.2. The number of nitrogens with zero attached hydrogens (tertiary/aromatic N) is 5. The van der Waals surface area contributed by atoms with E-state index in [1.54, 1.807) is 48.5 Å². The van der Waals surface area contributed by atoms with E-state index in [1.807, 2.05) is 11.5 Å². The maximum atomic E-state index is 14.1. The number of hydrogen-bond acceptors (Lipinski definition) is 7. The van der Waals surface area contributed by atoms with Gasteiger partial charge in [0.2, 0.25) is 5.88 Å². The molecule has 0 fully saturated rings. The molecule has 0 N–H and O–H groups in total. The van der Waals surface area contributed by atoms with E-state index in [9.17, 15) is 14.4 Å². The fraction of sp³-hybridized carbons (Fsp3) is 0.241. The van der Waals surface area contributed by atoms with E-state index in [4.69, 9.17) is 25.8 Å². The van der Waals surface area contributed by atoms with Gasteiger partial charge in [0.05, 0.1) is 66.0 Å². The Hall–Kier alpha value is -4.46. The number of aromatic nitrogens is 3. The number of benzene rings is 2. The van der Waals surface area contributed by atoms with Crippen LogP contribution < -0.4 is 14.4 Å². The number of methoxy groups -OCH3 is 3. The molecule has 0 saturated heterocycles.